The highest BCUT2D eigenvalue weighted by atomic mass is 32.2. The van der Waals surface area contributed by atoms with Crippen LogP contribution in [0.4, 0.5) is 5.69 Å². The summed E-state index contributed by atoms with van der Waals surface area (Å²) in [4.78, 5) is 12.3. The number of anilines is 1. The minimum atomic E-state index is -3.41. The first-order valence-corrected chi connectivity index (χ1v) is 10.4. The average molecular weight is 375 g/mol. The van der Waals surface area contributed by atoms with Gasteiger partial charge in [0.1, 0.15) is 0 Å². The number of nitrogens with zero attached hydrogens (tertiary/aromatic N) is 1. The van der Waals surface area contributed by atoms with Gasteiger partial charge in [0, 0.05) is 25.2 Å². The molecule has 2 aromatic rings. The SMILES string of the molecule is Cc1ccc(NC(=O)CCN(Cc2ccccc2C)S(C)(=O)=O)c(C)c1. The molecule has 5 nitrogen and oxygen atoms in total. The van der Waals surface area contributed by atoms with Crippen molar-refractivity contribution in [1.82, 2.24) is 4.31 Å². The summed E-state index contributed by atoms with van der Waals surface area (Å²) in [6, 6.07) is 13.5. The highest BCUT2D eigenvalue weighted by Crippen LogP contribution is 2.17. The number of carbonyl (C=O) groups excluding carboxylic acids is 1. The van der Waals surface area contributed by atoms with Crippen LogP contribution in [0.1, 0.15) is 28.7 Å². The molecule has 0 radical (unpaired) electrons. The number of nitrogens with one attached hydrogen (secondary N) is 1. The molecule has 0 bridgehead atoms. The van der Waals surface area contributed by atoms with Crippen molar-refractivity contribution in [2.45, 2.75) is 33.7 Å². The summed E-state index contributed by atoms with van der Waals surface area (Å²) >= 11 is 0. The van der Waals surface area contributed by atoms with E-state index in [1.54, 1.807) is 0 Å². The summed E-state index contributed by atoms with van der Waals surface area (Å²) in [7, 11) is -3.41. The lowest BCUT2D eigenvalue weighted by Crippen LogP contribution is -2.32. The van der Waals surface area contributed by atoms with Crippen molar-refractivity contribution in [2.75, 3.05) is 18.1 Å². The summed E-state index contributed by atoms with van der Waals surface area (Å²) in [5, 5.41) is 2.86. The van der Waals surface area contributed by atoms with Crippen LogP contribution in [-0.4, -0.2) is 31.4 Å². The van der Waals surface area contributed by atoms with Gasteiger partial charge in [0.2, 0.25) is 15.9 Å². The molecule has 0 fully saturated rings. The molecular formula is C20H26N2O3S. The van der Waals surface area contributed by atoms with Gasteiger partial charge in [0.05, 0.1) is 6.26 Å². The van der Waals surface area contributed by atoms with E-state index in [0.717, 1.165) is 27.9 Å². The van der Waals surface area contributed by atoms with Crippen LogP contribution in [0.3, 0.4) is 0 Å². The Morgan fingerprint density at radius 2 is 1.73 bits per heavy atom. The number of sulfonamides is 1. The van der Waals surface area contributed by atoms with Crippen LogP contribution in [0.5, 0.6) is 0 Å². The van der Waals surface area contributed by atoms with Crippen molar-refractivity contribution in [3.63, 3.8) is 0 Å². The highest BCUT2D eigenvalue weighted by Gasteiger charge is 2.19. The maximum Gasteiger partial charge on any atom is 0.225 e. The molecule has 2 rings (SSSR count). The van der Waals surface area contributed by atoms with E-state index >= 15 is 0 Å². The molecule has 0 saturated heterocycles. The molecule has 0 saturated carbocycles. The fraction of sp³-hybridized carbons (Fsp3) is 0.350. The third-order valence-electron chi connectivity index (χ3n) is 4.32. The lowest BCUT2D eigenvalue weighted by Gasteiger charge is -2.21. The Balaban J connectivity index is 2.03. The summed E-state index contributed by atoms with van der Waals surface area (Å²) in [5.74, 6) is -0.199. The molecule has 0 aliphatic rings. The Labute approximate surface area is 156 Å². The van der Waals surface area contributed by atoms with Crippen LogP contribution >= 0.6 is 0 Å². The molecule has 0 atom stereocenters. The fourth-order valence-corrected chi connectivity index (χ4v) is 3.53. The van der Waals surface area contributed by atoms with E-state index in [-0.39, 0.29) is 25.4 Å². The summed E-state index contributed by atoms with van der Waals surface area (Å²) in [6.45, 7) is 6.28. The van der Waals surface area contributed by atoms with Gasteiger partial charge in [-0.25, -0.2) is 8.42 Å². The van der Waals surface area contributed by atoms with Gasteiger partial charge in [-0.1, -0.05) is 42.0 Å². The van der Waals surface area contributed by atoms with Crippen LogP contribution in [0.2, 0.25) is 0 Å². The fourth-order valence-electron chi connectivity index (χ4n) is 2.73. The first kappa shape index (κ1) is 20.1. The van der Waals surface area contributed by atoms with Gasteiger partial charge in [0.15, 0.2) is 0 Å². The van der Waals surface area contributed by atoms with Gasteiger partial charge in [-0.3, -0.25) is 4.79 Å². The average Bonchev–Trinajstić information content (AvgIpc) is 2.54. The van der Waals surface area contributed by atoms with Crippen LogP contribution in [-0.2, 0) is 21.4 Å². The molecule has 1 amide bonds. The molecule has 0 heterocycles. The highest BCUT2D eigenvalue weighted by molar-refractivity contribution is 7.88. The molecular weight excluding hydrogens is 348 g/mol. The monoisotopic (exact) mass is 374 g/mol. The largest absolute Gasteiger partial charge is 0.326 e. The smallest absolute Gasteiger partial charge is 0.225 e. The van der Waals surface area contributed by atoms with Crippen molar-refractivity contribution in [2.24, 2.45) is 0 Å². The van der Waals surface area contributed by atoms with E-state index in [1.807, 2.05) is 63.2 Å². The van der Waals surface area contributed by atoms with Crippen molar-refractivity contribution >= 4 is 21.6 Å². The molecule has 26 heavy (non-hydrogen) atoms. The van der Waals surface area contributed by atoms with Crippen LogP contribution in [0.15, 0.2) is 42.5 Å². The van der Waals surface area contributed by atoms with Crippen molar-refractivity contribution in [3.05, 3.63) is 64.7 Å². The zero-order valence-electron chi connectivity index (χ0n) is 15.7. The van der Waals surface area contributed by atoms with Gasteiger partial charge >= 0.3 is 0 Å². The standard InChI is InChI=1S/C20H26N2O3S/c1-15-9-10-19(17(3)13-15)21-20(23)11-12-22(26(4,24)25)14-18-8-6-5-7-16(18)2/h5-10,13H,11-12,14H2,1-4H3,(H,21,23). The summed E-state index contributed by atoms with van der Waals surface area (Å²) < 4.78 is 25.6. The molecule has 6 heteroatoms. The van der Waals surface area contributed by atoms with E-state index in [0.29, 0.717) is 0 Å². The second kappa shape index (κ2) is 8.47. The summed E-state index contributed by atoms with van der Waals surface area (Å²) in [6.07, 6.45) is 1.28. The number of hydrogen-bond acceptors (Lipinski definition) is 3. The zero-order chi connectivity index (χ0) is 19.3. The quantitative estimate of drug-likeness (QED) is 0.808. The predicted octanol–water partition coefficient (Wildman–Crippen LogP) is 3.40. The first-order chi connectivity index (χ1) is 12.2. The molecule has 0 aromatic heterocycles. The third kappa shape index (κ3) is 5.68. The van der Waals surface area contributed by atoms with Crippen molar-refractivity contribution in [3.8, 4) is 0 Å². The molecule has 140 valence electrons. The van der Waals surface area contributed by atoms with Crippen LogP contribution in [0, 0.1) is 20.8 Å². The van der Waals surface area contributed by atoms with E-state index in [9.17, 15) is 13.2 Å². The maximum atomic E-state index is 12.3. The van der Waals surface area contributed by atoms with Crippen molar-refractivity contribution < 1.29 is 13.2 Å². The first-order valence-electron chi connectivity index (χ1n) is 8.53. The predicted molar refractivity (Wildman–Crippen MR) is 106 cm³/mol. The molecule has 1 N–H and O–H groups in total. The Morgan fingerprint density at radius 1 is 1.04 bits per heavy atom. The maximum absolute atomic E-state index is 12.3. The number of benzene rings is 2. The molecule has 2 aromatic carbocycles. The van der Waals surface area contributed by atoms with Gasteiger partial charge < -0.3 is 5.32 Å². The third-order valence-corrected chi connectivity index (χ3v) is 5.57. The Kier molecular flexibility index (Phi) is 6.56. The Hall–Kier alpha value is -2.18. The number of carbonyl (C=O) groups is 1. The number of aryl methyl sites for hydroxylation is 3. The van der Waals surface area contributed by atoms with Crippen LogP contribution < -0.4 is 5.32 Å². The number of hydrogen-bond donors (Lipinski definition) is 1. The molecule has 0 spiro atoms. The molecule has 0 aliphatic carbocycles. The van der Waals surface area contributed by atoms with Gasteiger partial charge in [0.25, 0.3) is 0 Å². The van der Waals surface area contributed by atoms with E-state index in [1.165, 1.54) is 10.6 Å². The Morgan fingerprint density at radius 3 is 2.35 bits per heavy atom. The number of amides is 1. The normalized spacial score (nSPS) is 11.6. The van der Waals surface area contributed by atoms with Gasteiger partial charge in [-0.2, -0.15) is 4.31 Å². The van der Waals surface area contributed by atoms with E-state index in [4.69, 9.17) is 0 Å². The topological polar surface area (TPSA) is 66.5 Å². The second-order valence-electron chi connectivity index (χ2n) is 6.64. The molecule has 0 aliphatic heterocycles. The lowest BCUT2D eigenvalue weighted by atomic mass is 10.1. The second-order valence-corrected chi connectivity index (χ2v) is 8.62. The minimum absolute atomic E-state index is 0.103. The minimum Gasteiger partial charge on any atom is -0.326 e. The van der Waals surface area contributed by atoms with Gasteiger partial charge in [-0.15, -0.1) is 0 Å². The number of rotatable bonds is 7. The van der Waals surface area contributed by atoms with E-state index in [2.05, 4.69) is 5.32 Å². The van der Waals surface area contributed by atoms with E-state index < -0.39 is 10.0 Å². The molecule has 0 unspecified atom stereocenters. The zero-order valence-corrected chi connectivity index (χ0v) is 16.6. The Bertz CT molecular complexity index is 892. The lowest BCUT2D eigenvalue weighted by molar-refractivity contribution is -0.116. The van der Waals surface area contributed by atoms with Crippen LogP contribution in [0.25, 0.3) is 0 Å². The summed E-state index contributed by atoms with van der Waals surface area (Å²) in [5.41, 5.74) is 4.83. The van der Waals surface area contributed by atoms with Crippen molar-refractivity contribution in [1.29, 1.82) is 0 Å². The van der Waals surface area contributed by atoms with Gasteiger partial charge in [-0.05, 0) is 43.5 Å².